The molecule has 0 radical (unpaired) electrons. The highest BCUT2D eigenvalue weighted by Crippen LogP contribution is 2.17. The third-order valence-corrected chi connectivity index (χ3v) is 4.66. The van der Waals surface area contributed by atoms with Crippen molar-refractivity contribution in [1.29, 1.82) is 0 Å². The number of amides is 1. The Morgan fingerprint density at radius 3 is 2.62 bits per heavy atom. The first-order valence-corrected chi connectivity index (χ1v) is 8.16. The van der Waals surface area contributed by atoms with Gasteiger partial charge in [-0.05, 0) is 32.6 Å². The molecule has 2 N–H and O–H groups in total. The van der Waals surface area contributed by atoms with E-state index in [1.807, 2.05) is 13.1 Å². The fourth-order valence-corrected chi connectivity index (χ4v) is 3.01. The molecule has 21 heavy (non-hydrogen) atoms. The maximum Gasteiger partial charge on any atom is 0.225 e. The Morgan fingerprint density at radius 1 is 1.43 bits per heavy atom. The molecule has 1 aromatic rings. The van der Waals surface area contributed by atoms with Gasteiger partial charge in [0.15, 0.2) is 0 Å². The van der Waals surface area contributed by atoms with Gasteiger partial charge in [-0.1, -0.05) is 13.8 Å². The number of hydrogen-bond acceptors (Lipinski definition) is 3. The molecule has 0 aromatic carbocycles. The van der Waals surface area contributed by atoms with Gasteiger partial charge in [0.1, 0.15) is 0 Å². The number of rotatable bonds is 6. The zero-order valence-electron chi connectivity index (χ0n) is 13.5. The van der Waals surface area contributed by atoms with Crippen molar-refractivity contribution >= 4 is 5.91 Å². The van der Waals surface area contributed by atoms with Gasteiger partial charge in [-0.25, -0.2) is 0 Å². The minimum Gasteiger partial charge on any atom is -0.342 e. The molecule has 0 spiro atoms. The van der Waals surface area contributed by atoms with Crippen LogP contribution < -0.4 is 5.32 Å². The van der Waals surface area contributed by atoms with Crippen molar-refractivity contribution in [1.82, 2.24) is 20.4 Å². The Labute approximate surface area is 127 Å². The van der Waals surface area contributed by atoms with E-state index in [1.54, 1.807) is 0 Å². The number of piperidine rings is 1. The van der Waals surface area contributed by atoms with Gasteiger partial charge in [0.25, 0.3) is 0 Å². The van der Waals surface area contributed by atoms with Crippen molar-refractivity contribution in [3.05, 3.63) is 17.5 Å². The molecule has 118 valence electrons. The number of carbonyl (C=O) groups is 1. The van der Waals surface area contributed by atoms with Crippen molar-refractivity contribution in [3.63, 3.8) is 0 Å². The van der Waals surface area contributed by atoms with E-state index < -0.39 is 0 Å². The van der Waals surface area contributed by atoms with Crippen LogP contribution in [-0.2, 0) is 11.3 Å². The molecule has 1 aliphatic rings. The fourth-order valence-electron chi connectivity index (χ4n) is 3.01. The van der Waals surface area contributed by atoms with Crippen LogP contribution in [0.3, 0.4) is 0 Å². The minimum absolute atomic E-state index is 0.211. The molecule has 0 bridgehead atoms. The molecule has 5 nitrogen and oxygen atoms in total. The first kappa shape index (κ1) is 16.0. The van der Waals surface area contributed by atoms with E-state index in [9.17, 15) is 4.79 Å². The predicted molar refractivity (Wildman–Crippen MR) is 83.8 cm³/mol. The second-order valence-electron chi connectivity index (χ2n) is 6.01. The topological polar surface area (TPSA) is 61.0 Å². The Bertz CT molecular complexity index is 445. The van der Waals surface area contributed by atoms with E-state index in [4.69, 9.17) is 0 Å². The lowest BCUT2D eigenvalue weighted by Crippen LogP contribution is -2.46. The maximum atomic E-state index is 12.3. The monoisotopic (exact) mass is 292 g/mol. The van der Waals surface area contributed by atoms with Crippen molar-refractivity contribution in [2.45, 2.75) is 59.0 Å². The van der Waals surface area contributed by atoms with Crippen LogP contribution in [0.4, 0.5) is 0 Å². The van der Waals surface area contributed by atoms with Crippen LogP contribution in [0.25, 0.3) is 0 Å². The summed E-state index contributed by atoms with van der Waals surface area (Å²) in [6.45, 7) is 8.88. The largest absolute Gasteiger partial charge is 0.342 e. The molecule has 0 aliphatic carbocycles. The van der Waals surface area contributed by atoms with Gasteiger partial charge in [0.05, 0.1) is 6.20 Å². The summed E-state index contributed by atoms with van der Waals surface area (Å²) in [5.41, 5.74) is 2.36. The second kappa shape index (κ2) is 7.59. The number of hydrogen-bond donors (Lipinski definition) is 2. The molecular weight excluding hydrogens is 264 g/mol. The summed E-state index contributed by atoms with van der Waals surface area (Å²) in [6, 6.07) is 0.505. The highest BCUT2D eigenvalue weighted by Gasteiger charge is 2.26. The average molecular weight is 292 g/mol. The van der Waals surface area contributed by atoms with Crippen molar-refractivity contribution in [2.24, 2.45) is 5.92 Å². The Hall–Kier alpha value is -1.36. The standard InChI is InChI=1S/C16H28N4O/c1-4-13(5-2)16(21)20-8-6-15(7-9-20)17-10-14-11-18-19-12(14)3/h11,13,15,17H,4-10H2,1-3H3,(H,18,19). The quantitative estimate of drug-likeness (QED) is 0.845. The lowest BCUT2D eigenvalue weighted by molar-refractivity contribution is -0.136. The van der Waals surface area contributed by atoms with Gasteiger partial charge in [0.2, 0.25) is 5.91 Å². The number of nitrogens with one attached hydrogen (secondary N) is 2. The van der Waals surface area contributed by atoms with E-state index in [-0.39, 0.29) is 5.92 Å². The van der Waals surface area contributed by atoms with Crippen LogP contribution in [0.5, 0.6) is 0 Å². The van der Waals surface area contributed by atoms with Gasteiger partial charge in [-0.2, -0.15) is 5.10 Å². The molecule has 0 atom stereocenters. The third-order valence-electron chi connectivity index (χ3n) is 4.66. The molecule has 0 unspecified atom stereocenters. The van der Waals surface area contributed by atoms with Crippen LogP contribution in [0.1, 0.15) is 50.8 Å². The molecule has 1 fully saturated rings. The van der Waals surface area contributed by atoms with Crippen LogP contribution >= 0.6 is 0 Å². The molecule has 5 heteroatoms. The van der Waals surface area contributed by atoms with E-state index >= 15 is 0 Å². The van der Waals surface area contributed by atoms with Gasteiger partial charge in [0, 0.05) is 42.9 Å². The number of likely N-dealkylation sites (tertiary alicyclic amines) is 1. The highest BCUT2D eigenvalue weighted by molar-refractivity contribution is 5.78. The lowest BCUT2D eigenvalue weighted by atomic mass is 9.98. The Morgan fingerprint density at radius 2 is 2.10 bits per heavy atom. The summed E-state index contributed by atoms with van der Waals surface area (Å²) in [5, 5.41) is 10.6. The molecule has 1 saturated heterocycles. The van der Waals surface area contributed by atoms with Gasteiger partial charge < -0.3 is 10.2 Å². The number of nitrogens with zero attached hydrogens (tertiary/aromatic N) is 2. The third kappa shape index (κ3) is 4.06. The van der Waals surface area contributed by atoms with Crippen LogP contribution in [0, 0.1) is 12.8 Å². The SMILES string of the molecule is CCC(CC)C(=O)N1CCC(NCc2cn[nH]c2C)CC1. The zero-order valence-corrected chi connectivity index (χ0v) is 13.5. The number of aromatic amines is 1. The molecule has 2 rings (SSSR count). The molecule has 0 saturated carbocycles. The van der Waals surface area contributed by atoms with E-state index in [2.05, 4.69) is 34.3 Å². The lowest BCUT2D eigenvalue weighted by Gasteiger charge is -2.34. The fraction of sp³-hybridized carbons (Fsp3) is 0.750. The molecular formula is C16H28N4O. The number of H-pyrrole nitrogens is 1. The normalized spacial score (nSPS) is 16.7. The average Bonchev–Trinajstić information content (AvgIpc) is 2.92. The molecule has 1 aromatic heterocycles. The first-order valence-electron chi connectivity index (χ1n) is 8.16. The van der Waals surface area contributed by atoms with Crippen molar-refractivity contribution in [2.75, 3.05) is 13.1 Å². The summed E-state index contributed by atoms with van der Waals surface area (Å²) in [5.74, 6) is 0.562. The number of aromatic nitrogens is 2. The van der Waals surface area contributed by atoms with Crippen LogP contribution in [0.2, 0.25) is 0 Å². The number of carbonyl (C=O) groups excluding carboxylic acids is 1. The van der Waals surface area contributed by atoms with Gasteiger partial charge >= 0.3 is 0 Å². The summed E-state index contributed by atoms with van der Waals surface area (Å²) in [4.78, 5) is 14.4. The Kier molecular flexibility index (Phi) is 5.79. The molecule has 1 amide bonds. The zero-order chi connectivity index (χ0) is 15.2. The van der Waals surface area contributed by atoms with Crippen molar-refractivity contribution in [3.8, 4) is 0 Å². The summed E-state index contributed by atoms with van der Waals surface area (Å²) in [7, 11) is 0. The summed E-state index contributed by atoms with van der Waals surface area (Å²) < 4.78 is 0. The van der Waals surface area contributed by atoms with Crippen LogP contribution in [-0.4, -0.2) is 40.1 Å². The van der Waals surface area contributed by atoms with Crippen molar-refractivity contribution < 1.29 is 4.79 Å². The van der Waals surface area contributed by atoms with E-state index in [0.29, 0.717) is 11.9 Å². The van der Waals surface area contributed by atoms with Gasteiger partial charge in [-0.15, -0.1) is 0 Å². The summed E-state index contributed by atoms with van der Waals surface area (Å²) in [6.07, 6.45) is 5.88. The first-order chi connectivity index (χ1) is 10.2. The Balaban J connectivity index is 1.75. The van der Waals surface area contributed by atoms with Gasteiger partial charge in [-0.3, -0.25) is 9.89 Å². The number of aryl methyl sites for hydroxylation is 1. The van der Waals surface area contributed by atoms with Crippen LogP contribution in [0.15, 0.2) is 6.20 Å². The predicted octanol–water partition coefficient (Wildman–Crippen LogP) is 2.23. The summed E-state index contributed by atoms with van der Waals surface area (Å²) >= 11 is 0. The minimum atomic E-state index is 0.211. The maximum absolute atomic E-state index is 12.3. The van der Waals surface area contributed by atoms with E-state index in [0.717, 1.165) is 51.0 Å². The second-order valence-corrected chi connectivity index (χ2v) is 6.01. The smallest absolute Gasteiger partial charge is 0.225 e. The van der Waals surface area contributed by atoms with E-state index in [1.165, 1.54) is 5.56 Å². The molecule has 2 heterocycles. The molecule has 1 aliphatic heterocycles. The highest BCUT2D eigenvalue weighted by atomic mass is 16.2.